The number of rotatable bonds is 4. The minimum atomic E-state index is -1.12. The number of carboxylic acids is 1. The molecule has 2 aromatic heterocycles. The van der Waals surface area contributed by atoms with Crippen molar-refractivity contribution >= 4 is 17.6 Å². The molecule has 0 aliphatic rings. The van der Waals surface area contributed by atoms with Gasteiger partial charge in [0, 0.05) is 11.3 Å². The lowest BCUT2D eigenvalue weighted by Crippen LogP contribution is -2.16. The molecule has 0 bridgehead atoms. The van der Waals surface area contributed by atoms with Crippen LogP contribution in [0, 0.1) is 20.8 Å². The van der Waals surface area contributed by atoms with Gasteiger partial charge in [0.1, 0.15) is 11.5 Å². The lowest BCUT2D eigenvalue weighted by Gasteiger charge is -2.04. The van der Waals surface area contributed by atoms with Crippen LogP contribution in [0.15, 0.2) is 10.6 Å². The predicted octanol–water partition coefficient (Wildman–Crippen LogP) is 1.81. The van der Waals surface area contributed by atoms with E-state index in [1.54, 1.807) is 26.8 Å². The van der Waals surface area contributed by atoms with Crippen molar-refractivity contribution in [1.29, 1.82) is 0 Å². The summed E-state index contributed by atoms with van der Waals surface area (Å²) < 4.78 is 4.98. The van der Waals surface area contributed by atoms with E-state index in [4.69, 9.17) is 9.63 Å². The maximum atomic E-state index is 12.0. The molecule has 0 aliphatic carbocycles. The van der Waals surface area contributed by atoms with E-state index in [2.05, 4.69) is 15.5 Å². The highest BCUT2D eigenvalue weighted by molar-refractivity contribution is 6.00. The molecule has 0 atom stereocenters. The van der Waals surface area contributed by atoms with E-state index in [0.29, 0.717) is 22.7 Å². The summed E-state index contributed by atoms with van der Waals surface area (Å²) in [7, 11) is 0. The molecule has 0 aliphatic heterocycles. The summed E-state index contributed by atoms with van der Waals surface area (Å²) in [6.45, 7) is 5.20. The van der Waals surface area contributed by atoms with Gasteiger partial charge in [0.2, 0.25) is 5.91 Å². The Balaban J connectivity index is 2.15. The number of aromatic amines is 1. The molecule has 0 radical (unpaired) electrons. The second-order valence-electron chi connectivity index (χ2n) is 4.57. The number of H-pyrrole nitrogens is 1. The van der Waals surface area contributed by atoms with E-state index in [1.807, 2.05) is 0 Å². The molecule has 2 aromatic rings. The monoisotopic (exact) mass is 277 g/mol. The number of carboxylic acid groups (broad SMARTS) is 1. The van der Waals surface area contributed by atoms with Gasteiger partial charge in [0.15, 0.2) is 0 Å². The molecule has 7 heteroatoms. The number of nitrogens with zero attached hydrogens (tertiary/aromatic N) is 1. The van der Waals surface area contributed by atoms with Crippen molar-refractivity contribution in [1.82, 2.24) is 10.1 Å². The largest absolute Gasteiger partial charge is 0.477 e. The van der Waals surface area contributed by atoms with Gasteiger partial charge in [-0.05, 0) is 26.8 Å². The van der Waals surface area contributed by atoms with Gasteiger partial charge in [0.25, 0.3) is 0 Å². The fourth-order valence-corrected chi connectivity index (χ4v) is 1.97. The average molecular weight is 277 g/mol. The number of carbonyl (C=O) groups excluding carboxylic acids is 1. The van der Waals surface area contributed by atoms with Crippen molar-refractivity contribution in [2.24, 2.45) is 0 Å². The van der Waals surface area contributed by atoms with E-state index in [0.717, 1.165) is 0 Å². The van der Waals surface area contributed by atoms with Crippen LogP contribution in [0.1, 0.15) is 33.2 Å². The summed E-state index contributed by atoms with van der Waals surface area (Å²) in [6, 6.07) is 1.58. The van der Waals surface area contributed by atoms with Crippen molar-refractivity contribution in [3.8, 4) is 0 Å². The summed E-state index contributed by atoms with van der Waals surface area (Å²) in [5, 5.41) is 15.4. The summed E-state index contributed by atoms with van der Waals surface area (Å²) in [5.74, 6) is -0.854. The van der Waals surface area contributed by atoms with Crippen LogP contribution >= 0.6 is 0 Å². The first-order valence-corrected chi connectivity index (χ1v) is 6.03. The number of amides is 1. The third-order valence-corrected chi connectivity index (χ3v) is 2.96. The molecule has 0 spiro atoms. The van der Waals surface area contributed by atoms with Gasteiger partial charge >= 0.3 is 5.97 Å². The third kappa shape index (κ3) is 2.71. The fraction of sp³-hybridized carbons (Fsp3) is 0.308. The van der Waals surface area contributed by atoms with Crippen LogP contribution in [0.4, 0.5) is 5.69 Å². The van der Waals surface area contributed by atoms with E-state index >= 15 is 0 Å². The minimum Gasteiger partial charge on any atom is -0.477 e. The molecule has 0 unspecified atom stereocenters. The summed E-state index contributed by atoms with van der Waals surface area (Å²) in [4.78, 5) is 25.7. The first kappa shape index (κ1) is 13.9. The number of hydrogen-bond donors (Lipinski definition) is 3. The van der Waals surface area contributed by atoms with E-state index in [9.17, 15) is 9.59 Å². The Hall–Kier alpha value is -2.57. The Morgan fingerprint density at radius 1 is 1.40 bits per heavy atom. The van der Waals surface area contributed by atoms with Crippen molar-refractivity contribution in [2.45, 2.75) is 27.2 Å². The first-order chi connectivity index (χ1) is 9.38. The van der Waals surface area contributed by atoms with Crippen molar-refractivity contribution in [2.75, 3.05) is 5.32 Å². The Morgan fingerprint density at radius 3 is 2.65 bits per heavy atom. The van der Waals surface area contributed by atoms with Crippen LogP contribution in [0.25, 0.3) is 0 Å². The van der Waals surface area contributed by atoms with Crippen LogP contribution in [0.2, 0.25) is 0 Å². The standard InChI is InChI=1S/C13H15N3O4/c1-6-4-10(12(14-6)13(18)19)15-11(17)5-9-7(2)16-20-8(9)3/h4,14H,5H2,1-3H3,(H,15,17)(H,18,19). The number of anilines is 1. The molecule has 7 nitrogen and oxygen atoms in total. The normalized spacial score (nSPS) is 10.6. The zero-order valence-corrected chi connectivity index (χ0v) is 11.4. The molecule has 0 saturated heterocycles. The second-order valence-corrected chi connectivity index (χ2v) is 4.57. The van der Waals surface area contributed by atoms with Crippen LogP contribution in [0.5, 0.6) is 0 Å². The topological polar surface area (TPSA) is 108 Å². The second kappa shape index (κ2) is 5.20. The molecular formula is C13H15N3O4. The molecule has 20 heavy (non-hydrogen) atoms. The van der Waals surface area contributed by atoms with Crippen molar-refractivity contribution in [3.05, 3.63) is 34.5 Å². The van der Waals surface area contributed by atoms with Crippen LogP contribution < -0.4 is 5.32 Å². The molecule has 0 fully saturated rings. The fourth-order valence-electron chi connectivity index (χ4n) is 1.97. The van der Waals surface area contributed by atoms with Gasteiger partial charge in [-0.1, -0.05) is 5.16 Å². The zero-order chi connectivity index (χ0) is 14.9. The molecule has 106 valence electrons. The summed E-state index contributed by atoms with van der Waals surface area (Å²) >= 11 is 0. The van der Waals surface area contributed by atoms with E-state index in [1.165, 1.54) is 0 Å². The SMILES string of the molecule is Cc1cc(NC(=O)Cc2c(C)noc2C)c(C(=O)O)[nH]1. The van der Waals surface area contributed by atoms with Crippen molar-refractivity contribution in [3.63, 3.8) is 0 Å². The van der Waals surface area contributed by atoms with Gasteiger partial charge in [-0.2, -0.15) is 0 Å². The number of aryl methyl sites for hydroxylation is 3. The van der Waals surface area contributed by atoms with Gasteiger partial charge in [-0.3, -0.25) is 4.79 Å². The van der Waals surface area contributed by atoms with Gasteiger partial charge < -0.3 is 19.9 Å². The molecule has 0 saturated carbocycles. The Kier molecular flexibility index (Phi) is 3.60. The number of aromatic carboxylic acids is 1. The number of nitrogens with one attached hydrogen (secondary N) is 2. The number of carbonyl (C=O) groups is 2. The lowest BCUT2D eigenvalue weighted by molar-refractivity contribution is -0.115. The zero-order valence-electron chi connectivity index (χ0n) is 11.4. The van der Waals surface area contributed by atoms with Crippen molar-refractivity contribution < 1.29 is 19.2 Å². The highest BCUT2D eigenvalue weighted by Crippen LogP contribution is 2.18. The molecule has 3 N–H and O–H groups in total. The van der Waals surface area contributed by atoms with Gasteiger partial charge in [-0.25, -0.2) is 4.79 Å². The Bertz CT molecular complexity index is 650. The van der Waals surface area contributed by atoms with Crippen LogP contribution in [0.3, 0.4) is 0 Å². The molecule has 1 amide bonds. The lowest BCUT2D eigenvalue weighted by atomic mass is 10.1. The predicted molar refractivity (Wildman–Crippen MR) is 70.8 cm³/mol. The highest BCUT2D eigenvalue weighted by atomic mass is 16.5. The summed E-state index contributed by atoms with van der Waals surface area (Å²) in [6.07, 6.45) is 0.0878. The Morgan fingerprint density at radius 2 is 2.10 bits per heavy atom. The number of hydrogen-bond acceptors (Lipinski definition) is 4. The molecular weight excluding hydrogens is 262 g/mol. The van der Waals surface area contributed by atoms with E-state index in [-0.39, 0.29) is 23.7 Å². The third-order valence-electron chi connectivity index (χ3n) is 2.96. The highest BCUT2D eigenvalue weighted by Gasteiger charge is 2.18. The molecule has 2 rings (SSSR count). The quantitative estimate of drug-likeness (QED) is 0.789. The summed E-state index contributed by atoms with van der Waals surface area (Å²) in [5.41, 5.74) is 2.25. The molecule has 2 heterocycles. The average Bonchev–Trinajstić information content (AvgIpc) is 2.86. The maximum absolute atomic E-state index is 12.0. The minimum absolute atomic E-state index is 0.0328. The van der Waals surface area contributed by atoms with Gasteiger partial charge in [-0.15, -0.1) is 0 Å². The number of aromatic nitrogens is 2. The maximum Gasteiger partial charge on any atom is 0.354 e. The Labute approximate surface area is 115 Å². The van der Waals surface area contributed by atoms with Gasteiger partial charge in [0.05, 0.1) is 17.8 Å². The van der Waals surface area contributed by atoms with Crippen LogP contribution in [-0.4, -0.2) is 27.1 Å². The first-order valence-electron chi connectivity index (χ1n) is 6.03. The van der Waals surface area contributed by atoms with Crippen LogP contribution in [-0.2, 0) is 11.2 Å². The smallest absolute Gasteiger partial charge is 0.354 e. The molecule has 0 aromatic carbocycles. The van der Waals surface area contributed by atoms with E-state index < -0.39 is 5.97 Å².